The Labute approximate surface area is 159 Å². The third-order valence-corrected chi connectivity index (χ3v) is 5.29. The van der Waals surface area contributed by atoms with Crippen molar-refractivity contribution in [2.24, 2.45) is 10.7 Å². The lowest BCUT2D eigenvalue weighted by Crippen LogP contribution is -2.49. The van der Waals surface area contributed by atoms with Crippen LogP contribution < -0.4 is 15.8 Å². The SMILES string of the molecule is CNc1cccc(-c2ccc3c(c2)C2(CC(C)(C)O3)N=C(N)N(C)C2=O)c1. The number of guanidine groups is 1. The summed E-state index contributed by atoms with van der Waals surface area (Å²) in [5.74, 6) is 0.810. The smallest absolute Gasteiger partial charge is 0.261 e. The number of carbonyl (C=O) groups excluding carboxylic acids is 1. The molecule has 0 radical (unpaired) electrons. The maximum atomic E-state index is 13.2. The molecule has 1 atom stereocenters. The molecule has 1 amide bonds. The maximum absolute atomic E-state index is 13.2. The van der Waals surface area contributed by atoms with Gasteiger partial charge >= 0.3 is 0 Å². The number of ether oxygens (including phenoxy) is 1. The van der Waals surface area contributed by atoms with Gasteiger partial charge in [0, 0.05) is 31.8 Å². The van der Waals surface area contributed by atoms with Gasteiger partial charge in [-0.1, -0.05) is 18.2 Å². The second-order valence-corrected chi connectivity index (χ2v) is 7.77. The summed E-state index contributed by atoms with van der Waals surface area (Å²) < 4.78 is 6.17. The van der Waals surface area contributed by atoms with E-state index in [1.54, 1.807) is 7.05 Å². The summed E-state index contributed by atoms with van der Waals surface area (Å²) in [5.41, 5.74) is 8.31. The summed E-state index contributed by atoms with van der Waals surface area (Å²) in [6.07, 6.45) is 0.441. The molecule has 140 valence electrons. The minimum atomic E-state index is -1.04. The molecule has 0 saturated carbocycles. The number of benzene rings is 2. The fourth-order valence-electron chi connectivity index (χ4n) is 4.01. The van der Waals surface area contributed by atoms with Gasteiger partial charge in [0.1, 0.15) is 11.4 Å². The van der Waals surface area contributed by atoms with Gasteiger partial charge in [-0.15, -0.1) is 0 Å². The van der Waals surface area contributed by atoms with Crippen LogP contribution in [0.5, 0.6) is 5.75 Å². The third kappa shape index (κ3) is 2.63. The van der Waals surface area contributed by atoms with Crippen molar-refractivity contribution < 1.29 is 9.53 Å². The van der Waals surface area contributed by atoms with Gasteiger partial charge in [-0.2, -0.15) is 0 Å². The molecule has 0 bridgehead atoms. The molecule has 2 heterocycles. The van der Waals surface area contributed by atoms with Crippen LogP contribution in [0.3, 0.4) is 0 Å². The van der Waals surface area contributed by atoms with Crippen LogP contribution in [0.4, 0.5) is 5.69 Å². The number of nitrogens with two attached hydrogens (primary N) is 1. The topological polar surface area (TPSA) is 80.0 Å². The Morgan fingerprint density at radius 3 is 2.59 bits per heavy atom. The maximum Gasteiger partial charge on any atom is 0.261 e. The number of hydrogen-bond donors (Lipinski definition) is 2. The number of nitrogens with zero attached hydrogens (tertiary/aromatic N) is 2. The number of nitrogens with one attached hydrogen (secondary N) is 1. The Bertz CT molecular complexity index is 966. The van der Waals surface area contributed by atoms with Crippen molar-refractivity contribution >= 4 is 17.6 Å². The van der Waals surface area contributed by atoms with Gasteiger partial charge in [0.05, 0.1) is 0 Å². The van der Waals surface area contributed by atoms with Crippen molar-refractivity contribution in [3.63, 3.8) is 0 Å². The second-order valence-electron chi connectivity index (χ2n) is 7.77. The zero-order chi connectivity index (χ0) is 19.4. The van der Waals surface area contributed by atoms with Crippen molar-refractivity contribution in [1.82, 2.24) is 4.90 Å². The van der Waals surface area contributed by atoms with E-state index < -0.39 is 11.1 Å². The van der Waals surface area contributed by atoms with E-state index in [4.69, 9.17) is 10.5 Å². The molecule has 4 rings (SSSR count). The number of rotatable bonds is 2. The van der Waals surface area contributed by atoms with Gasteiger partial charge in [0.15, 0.2) is 11.5 Å². The van der Waals surface area contributed by atoms with E-state index in [0.29, 0.717) is 12.2 Å². The first-order valence-electron chi connectivity index (χ1n) is 9.01. The minimum Gasteiger partial charge on any atom is -0.487 e. The predicted molar refractivity (Wildman–Crippen MR) is 107 cm³/mol. The highest BCUT2D eigenvalue weighted by Crippen LogP contribution is 2.49. The molecule has 6 nitrogen and oxygen atoms in total. The zero-order valence-corrected chi connectivity index (χ0v) is 16.0. The van der Waals surface area contributed by atoms with Crippen molar-refractivity contribution in [3.05, 3.63) is 48.0 Å². The summed E-state index contributed by atoms with van der Waals surface area (Å²) in [6.45, 7) is 3.94. The van der Waals surface area contributed by atoms with Crippen LogP contribution in [0.2, 0.25) is 0 Å². The monoisotopic (exact) mass is 364 g/mol. The van der Waals surface area contributed by atoms with E-state index in [1.807, 2.05) is 57.3 Å². The fourth-order valence-corrected chi connectivity index (χ4v) is 4.01. The molecule has 27 heavy (non-hydrogen) atoms. The third-order valence-electron chi connectivity index (χ3n) is 5.29. The number of aliphatic imine (C=N–C) groups is 1. The lowest BCUT2D eigenvalue weighted by molar-refractivity contribution is -0.133. The average Bonchev–Trinajstić information content (AvgIpc) is 2.85. The summed E-state index contributed by atoms with van der Waals surface area (Å²) in [4.78, 5) is 19.2. The quantitative estimate of drug-likeness (QED) is 0.859. The van der Waals surface area contributed by atoms with Crippen LogP contribution in [0.25, 0.3) is 11.1 Å². The van der Waals surface area contributed by atoms with Gasteiger partial charge in [-0.3, -0.25) is 9.69 Å². The first-order valence-corrected chi connectivity index (χ1v) is 9.01. The first-order chi connectivity index (χ1) is 12.8. The van der Waals surface area contributed by atoms with Gasteiger partial charge in [-0.05, 0) is 49.2 Å². The standard InChI is InChI=1S/C21H24N4O2/c1-20(2)12-21(18(26)25(4)19(22)24-21)16-11-14(8-9-17(16)27-20)13-6-5-7-15(10-13)23-3/h5-11,23H,12H2,1-4H3,(H2,22,24). The molecule has 0 aromatic heterocycles. The number of likely N-dealkylation sites (N-methyl/N-ethyl adjacent to an activating group) is 1. The van der Waals surface area contributed by atoms with E-state index in [0.717, 1.165) is 22.4 Å². The summed E-state index contributed by atoms with van der Waals surface area (Å²) >= 11 is 0. The second kappa shape index (κ2) is 5.74. The molecule has 0 saturated heterocycles. The number of hydrogen-bond acceptors (Lipinski definition) is 5. The largest absolute Gasteiger partial charge is 0.487 e. The molecule has 1 spiro atoms. The normalized spacial score (nSPS) is 23.0. The molecular formula is C21H24N4O2. The van der Waals surface area contributed by atoms with Crippen LogP contribution in [-0.2, 0) is 10.3 Å². The highest BCUT2D eigenvalue weighted by molar-refractivity contribution is 6.07. The van der Waals surface area contributed by atoms with Crippen LogP contribution in [0.1, 0.15) is 25.8 Å². The lowest BCUT2D eigenvalue weighted by Gasteiger charge is -2.41. The van der Waals surface area contributed by atoms with E-state index in [-0.39, 0.29) is 11.9 Å². The molecule has 0 aliphatic carbocycles. The van der Waals surface area contributed by atoms with E-state index >= 15 is 0 Å². The summed E-state index contributed by atoms with van der Waals surface area (Å²) in [5, 5.41) is 3.15. The molecule has 2 aliphatic rings. The molecule has 0 fully saturated rings. The lowest BCUT2D eigenvalue weighted by atomic mass is 9.77. The predicted octanol–water partition coefficient (Wildman–Crippen LogP) is 2.94. The number of fused-ring (bicyclic) bond motifs is 2. The number of amides is 1. The minimum absolute atomic E-state index is 0.112. The molecule has 2 aliphatic heterocycles. The van der Waals surface area contributed by atoms with Crippen molar-refractivity contribution in [3.8, 4) is 16.9 Å². The Morgan fingerprint density at radius 2 is 1.93 bits per heavy atom. The van der Waals surface area contributed by atoms with Gasteiger partial charge in [-0.25, -0.2) is 4.99 Å². The molecule has 1 unspecified atom stereocenters. The van der Waals surface area contributed by atoms with Crippen LogP contribution in [0, 0.1) is 0 Å². The van der Waals surface area contributed by atoms with Gasteiger partial charge in [0.2, 0.25) is 0 Å². The van der Waals surface area contributed by atoms with Crippen molar-refractivity contribution in [2.75, 3.05) is 19.4 Å². The van der Waals surface area contributed by atoms with Crippen LogP contribution in [-0.4, -0.2) is 36.5 Å². The fraction of sp³-hybridized carbons (Fsp3) is 0.333. The molecule has 3 N–H and O–H groups in total. The Balaban J connectivity index is 1.90. The Hall–Kier alpha value is -3.02. The van der Waals surface area contributed by atoms with E-state index in [2.05, 4.69) is 16.4 Å². The molecule has 2 aromatic carbocycles. The van der Waals surface area contributed by atoms with E-state index in [1.165, 1.54) is 4.90 Å². The molecular weight excluding hydrogens is 340 g/mol. The Kier molecular flexibility index (Phi) is 3.70. The average molecular weight is 364 g/mol. The van der Waals surface area contributed by atoms with Crippen molar-refractivity contribution in [1.29, 1.82) is 0 Å². The van der Waals surface area contributed by atoms with Crippen molar-refractivity contribution in [2.45, 2.75) is 31.4 Å². The highest BCUT2D eigenvalue weighted by atomic mass is 16.5. The summed E-state index contributed by atoms with van der Waals surface area (Å²) in [7, 11) is 3.56. The number of carbonyl (C=O) groups is 1. The molecule has 2 aromatic rings. The van der Waals surface area contributed by atoms with E-state index in [9.17, 15) is 4.79 Å². The van der Waals surface area contributed by atoms with Gasteiger partial charge < -0.3 is 15.8 Å². The summed E-state index contributed by atoms with van der Waals surface area (Å²) in [6, 6.07) is 14.1. The first kappa shape index (κ1) is 17.4. The van der Waals surface area contributed by atoms with Crippen LogP contribution in [0.15, 0.2) is 47.5 Å². The Morgan fingerprint density at radius 1 is 1.19 bits per heavy atom. The number of anilines is 1. The van der Waals surface area contributed by atoms with Crippen LogP contribution >= 0.6 is 0 Å². The molecule has 6 heteroatoms. The van der Waals surface area contributed by atoms with Gasteiger partial charge in [0.25, 0.3) is 5.91 Å². The zero-order valence-electron chi connectivity index (χ0n) is 16.0. The highest BCUT2D eigenvalue weighted by Gasteiger charge is 2.55.